The first-order chi connectivity index (χ1) is 26.9. The number of furan rings is 1. The van der Waals surface area contributed by atoms with Gasteiger partial charge in [0.1, 0.15) is 11.2 Å². The molecule has 6 nitrogen and oxygen atoms in total. The van der Waals surface area contributed by atoms with Crippen LogP contribution in [0.3, 0.4) is 0 Å². The first-order valence-corrected chi connectivity index (χ1v) is 20.6. The maximum Gasteiger partial charge on any atom is 0.135 e. The number of hydrogen-bond donors (Lipinski definition) is 3. The van der Waals surface area contributed by atoms with E-state index in [1.54, 1.807) is 0 Å². The van der Waals surface area contributed by atoms with Crippen molar-refractivity contribution in [2.45, 2.75) is 94.3 Å². The standard InChI is InChI=1S/C49H49N5O/c1-2-48(51)25-12-6-5-9-17-43-47(48)38-27-31(49-26-24-32(30-49)52-49)18-21-41(38)54(43)34-20-23-45-37(29-34)36-28-33(19-22-44(36)55-45)53-40-15-11-10-13-35(40)46-39(50)14-7-3-4-8-16-42(46)53/h5-6,8-11,13,15-23,27-29,32,39,52H,2-4,7,12,14,24-26,30,50-51H2,1H3/b6-5+,16-8-,17-9-. The molecule has 276 valence electrons. The van der Waals surface area contributed by atoms with Gasteiger partial charge in [-0.15, -0.1) is 0 Å². The Bertz CT molecular complexity index is 2760. The van der Waals surface area contributed by atoms with Crippen molar-refractivity contribution < 1.29 is 4.42 Å². The van der Waals surface area contributed by atoms with E-state index >= 15 is 0 Å². The zero-order chi connectivity index (χ0) is 36.9. The van der Waals surface area contributed by atoms with Crippen LogP contribution in [0, 0.1) is 0 Å². The van der Waals surface area contributed by atoms with Crippen LogP contribution in [-0.4, -0.2) is 15.2 Å². The number of aromatic nitrogens is 2. The quantitative estimate of drug-likeness (QED) is 0.169. The molecule has 3 aliphatic carbocycles. The number of hydrogen-bond acceptors (Lipinski definition) is 4. The maximum absolute atomic E-state index is 7.52. The fourth-order valence-corrected chi connectivity index (χ4v) is 10.7. The fraction of sp³-hybridized carbons (Fsp3) is 0.306. The molecule has 1 saturated carbocycles. The predicted octanol–water partition coefficient (Wildman–Crippen LogP) is 11.3. The van der Waals surface area contributed by atoms with Gasteiger partial charge >= 0.3 is 0 Å². The molecule has 4 aromatic carbocycles. The third-order valence-electron chi connectivity index (χ3n) is 13.6. The number of rotatable bonds is 4. The van der Waals surface area contributed by atoms with Crippen molar-refractivity contribution in [3.63, 3.8) is 0 Å². The molecule has 0 amide bonds. The highest BCUT2D eigenvalue weighted by atomic mass is 16.3. The highest BCUT2D eigenvalue weighted by Gasteiger charge is 2.51. The smallest absolute Gasteiger partial charge is 0.135 e. The van der Waals surface area contributed by atoms with Crippen molar-refractivity contribution in [2.75, 3.05) is 0 Å². The summed E-state index contributed by atoms with van der Waals surface area (Å²) in [4.78, 5) is 0. The summed E-state index contributed by atoms with van der Waals surface area (Å²) < 4.78 is 11.4. The van der Waals surface area contributed by atoms with Crippen LogP contribution in [0.25, 0.3) is 67.3 Å². The van der Waals surface area contributed by atoms with E-state index in [0.717, 1.165) is 77.5 Å². The lowest BCUT2D eigenvalue weighted by molar-refractivity contribution is 0.225. The van der Waals surface area contributed by atoms with E-state index < -0.39 is 5.54 Å². The van der Waals surface area contributed by atoms with E-state index in [2.05, 4.69) is 137 Å². The number of nitrogens with two attached hydrogens (primary N) is 2. The van der Waals surface area contributed by atoms with Crippen LogP contribution >= 0.6 is 0 Å². The summed E-state index contributed by atoms with van der Waals surface area (Å²) in [5, 5.41) is 8.60. The molecule has 3 aromatic heterocycles. The Morgan fingerprint density at radius 3 is 2.27 bits per heavy atom. The lowest BCUT2D eigenvalue weighted by Crippen LogP contribution is -2.53. The van der Waals surface area contributed by atoms with E-state index in [1.807, 2.05) is 0 Å². The van der Waals surface area contributed by atoms with Gasteiger partial charge in [-0.25, -0.2) is 0 Å². The summed E-state index contributed by atoms with van der Waals surface area (Å²) in [7, 11) is 0. The van der Waals surface area contributed by atoms with Crippen LogP contribution in [0.1, 0.15) is 105 Å². The molecular weight excluding hydrogens is 675 g/mol. The van der Waals surface area contributed by atoms with Gasteiger partial charge in [0, 0.05) is 67.2 Å². The molecule has 4 unspecified atom stereocenters. The third-order valence-corrected chi connectivity index (χ3v) is 13.6. The minimum absolute atomic E-state index is 0.00893. The Hall–Kier alpha value is -5.14. The van der Waals surface area contributed by atoms with E-state index in [-0.39, 0.29) is 11.6 Å². The summed E-state index contributed by atoms with van der Waals surface area (Å²) in [5.41, 5.74) is 26.7. The molecule has 2 saturated heterocycles. The topological polar surface area (TPSA) is 87.1 Å². The number of benzene rings is 4. The van der Waals surface area contributed by atoms with Gasteiger partial charge in [-0.3, -0.25) is 0 Å². The minimum atomic E-state index is -0.465. The summed E-state index contributed by atoms with van der Waals surface area (Å²) >= 11 is 0. The highest BCUT2D eigenvalue weighted by Crippen LogP contribution is 2.50. The van der Waals surface area contributed by atoms with Crippen molar-refractivity contribution in [1.29, 1.82) is 0 Å². The summed E-state index contributed by atoms with van der Waals surface area (Å²) in [5.74, 6) is 0. The highest BCUT2D eigenvalue weighted by molar-refractivity contribution is 6.07. The molecule has 3 fully saturated rings. The number of allylic oxidation sites excluding steroid dienone is 4. The van der Waals surface area contributed by atoms with Crippen LogP contribution in [-0.2, 0) is 11.1 Å². The number of fused-ring (bicyclic) bond motifs is 10. The van der Waals surface area contributed by atoms with Gasteiger partial charge in [0.25, 0.3) is 0 Å². The molecule has 0 spiro atoms. The van der Waals surface area contributed by atoms with E-state index in [9.17, 15) is 0 Å². The van der Waals surface area contributed by atoms with Crippen LogP contribution < -0.4 is 16.8 Å². The van der Waals surface area contributed by atoms with Crippen molar-refractivity contribution in [1.82, 2.24) is 14.5 Å². The van der Waals surface area contributed by atoms with Gasteiger partial charge in [-0.05, 0) is 130 Å². The first kappa shape index (κ1) is 33.2. The Labute approximate surface area is 322 Å². The van der Waals surface area contributed by atoms with Crippen LogP contribution in [0.15, 0.2) is 108 Å². The van der Waals surface area contributed by atoms with Crippen molar-refractivity contribution >= 4 is 55.9 Å². The average molecular weight is 724 g/mol. The second kappa shape index (κ2) is 12.4. The zero-order valence-corrected chi connectivity index (χ0v) is 31.7. The van der Waals surface area contributed by atoms with Crippen molar-refractivity contribution in [3.05, 3.63) is 131 Å². The second-order valence-electron chi connectivity index (χ2n) is 16.7. The van der Waals surface area contributed by atoms with E-state index in [4.69, 9.17) is 15.9 Å². The number of nitrogens with zero attached hydrogens (tertiary/aromatic N) is 2. The molecule has 7 aromatic rings. The molecule has 4 atom stereocenters. The average Bonchev–Trinajstić information content (AvgIpc) is 4.02. The minimum Gasteiger partial charge on any atom is -0.456 e. The molecule has 2 bridgehead atoms. The lowest BCUT2D eigenvalue weighted by atomic mass is 9.79. The van der Waals surface area contributed by atoms with Crippen LogP contribution in [0.2, 0.25) is 0 Å². The van der Waals surface area contributed by atoms with E-state index in [1.165, 1.54) is 69.9 Å². The Morgan fingerprint density at radius 1 is 0.745 bits per heavy atom. The van der Waals surface area contributed by atoms with Gasteiger partial charge in [0.2, 0.25) is 0 Å². The second-order valence-corrected chi connectivity index (χ2v) is 16.7. The summed E-state index contributed by atoms with van der Waals surface area (Å²) in [6, 6.07) is 29.9. The Balaban J connectivity index is 1.13. The van der Waals surface area contributed by atoms with Gasteiger partial charge in [-0.1, -0.05) is 61.9 Å². The van der Waals surface area contributed by atoms with E-state index in [0.29, 0.717) is 6.04 Å². The maximum atomic E-state index is 7.52. The van der Waals surface area contributed by atoms with Gasteiger partial charge in [-0.2, -0.15) is 0 Å². The number of para-hydroxylation sites is 1. The molecule has 2 aliphatic heterocycles. The Kier molecular flexibility index (Phi) is 7.51. The third kappa shape index (κ3) is 4.97. The van der Waals surface area contributed by atoms with Gasteiger partial charge in [0.15, 0.2) is 0 Å². The number of nitrogens with one attached hydrogen (secondary N) is 1. The molecule has 5 N–H and O–H groups in total. The molecule has 12 rings (SSSR count). The molecule has 55 heavy (non-hydrogen) atoms. The SMILES string of the molecule is CCC1(N)CC/C=C/C=C\c2c1c1cc(C34CCC(C3)N4)ccc1n2-c1ccc2oc3ccc(-n4c5c(c6ccccc64)C(N)CCCC/C=C\5)cc3c2c1. The lowest BCUT2D eigenvalue weighted by Gasteiger charge is -2.41. The van der Waals surface area contributed by atoms with Gasteiger partial charge < -0.3 is 30.3 Å². The summed E-state index contributed by atoms with van der Waals surface area (Å²) in [6.07, 6.45) is 24.3. The van der Waals surface area contributed by atoms with Gasteiger partial charge in [0.05, 0.1) is 22.4 Å². The van der Waals surface area contributed by atoms with Crippen molar-refractivity contribution in [3.8, 4) is 11.4 Å². The molecule has 5 heterocycles. The monoisotopic (exact) mass is 723 g/mol. The van der Waals surface area contributed by atoms with Crippen LogP contribution in [0.4, 0.5) is 0 Å². The van der Waals surface area contributed by atoms with Crippen molar-refractivity contribution in [2.24, 2.45) is 11.5 Å². The molecular formula is C49H49N5O. The fourth-order valence-electron chi connectivity index (χ4n) is 10.7. The molecule has 5 aliphatic rings. The largest absolute Gasteiger partial charge is 0.456 e. The molecule has 0 radical (unpaired) electrons. The van der Waals surface area contributed by atoms with Crippen LogP contribution in [0.5, 0.6) is 0 Å². The Morgan fingerprint density at radius 2 is 1.51 bits per heavy atom. The zero-order valence-electron chi connectivity index (χ0n) is 31.7. The first-order valence-electron chi connectivity index (χ1n) is 20.6. The predicted molar refractivity (Wildman–Crippen MR) is 228 cm³/mol. The normalized spacial score (nSPS) is 26.7. The summed E-state index contributed by atoms with van der Waals surface area (Å²) in [6.45, 7) is 2.25. The molecule has 6 heteroatoms.